The summed E-state index contributed by atoms with van der Waals surface area (Å²) in [7, 11) is 1.63. The molecule has 1 N–H and O–H groups in total. The van der Waals surface area contributed by atoms with Crippen LogP contribution in [0, 0.1) is 0 Å². The third-order valence-corrected chi connectivity index (χ3v) is 7.37. The Hall–Kier alpha value is -3.30. The Morgan fingerprint density at radius 3 is 2.53 bits per heavy atom. The maximum atomic E-state index is 13.0. The van der Waals surface area contributed by atoms with Gasteiger partial charge in [0.05, 0.1) is 25.0 Å². The van der Waals surface area contributed by atoms with Crippen molar-refractivity contribution in [3.63, 3.8) is 0 Å². The average Bonchev–Trinajstić information content (AvgIpc) is 3.36. The second-order valence-electron chi connectivity index (χ2n) is 8.58. The molecule has 186 valence electrons. The van der Waals surface area contributed by atoms with Crippen LogP contribution >= 0.6 is 11.3 Å². The van der Waals surface area contributed by atoms with Gasteiger partial charge in [-0.15, -0.1) is 0 Å². The first-order chi connectivity index (χ1) is 17.7. The number of fused-ring (bicyclic) bond motifs is 1. The van der Waals surface area contributed by atoms with Crippen molar-refractivity contribution in [3.05, 3.63) is 77.9 Å². The van der Waals surface area contributed by atoms with Crippen molar-refractivity contribution in [2.75, 3.05) is 45.3 Å². The zero-order valence-corrected chi connectivity index (χ0v) is 21.4. The highest BCUT2D eigenvalue weighted by Crippen LogP contribution is 2.39. The van der Waals surface area contributed by atoms with Crippen molar-refractivity contribution in [3.8, 4) is 16.9 Å². The first kappa shape index (κ1) is 24.4. The van der Waals surface area contributed by atoms with E-state index in [4.69, 9.17) is 14.5 Å². The van der Waals surface area contributed by atoms with Gasteiger partial charge in [0.25, 0.3) is 5.91 Å². The normalized spacial score (nSPS) is 14.3. The number of anilines is 1. The number of thiazole rings is 1. The number of methoxy groups -OCH3 is 1. The van der Waals surface area contributed by atoms with Crippen molar-refractivity contribution in [2.24, 2.45) is 0 Å². The lowest BCUT2D eigenvalue weighted by atomic mass is 10.1. The summed E-state index contributed by atoms with van der Waals surface area (Å²) in [6.45, 7) is 7.24. The van der Waals surface area contributed by atoms with E-state index in [1.165, 1.54) is 11.3 Å². The van der Waals surface area contributed by atoms with Crippen LogP contribution < -0.4 is 10.1 Å². The van der Waals surface area contributed by atoms with E-state index in [0.29, 0.717) is 16.4 Å². The number of rotatable bonds is 8. The topological polar surface area (TPSA) is 66.9 Å². The fraction of sp³-hybridized carbons (Fsp3) is 0.286. The van der Waals surface area contributed by atoms with Gasteiger partial charge in [0, 0.05) is 37.3 Å². The lowest BCUT2D eigenvalue weighted by Gasteiger charge is -2.36. The van der Waals surface area contributed by atoms with Crippen LogP contribution in [0.3, 0.4) is 0 Å². The molecule has 5 rings (SSSR count). The minimum absolute atomic E-state index is 0.179. The fourth-order valence-electron chi connectivity index (χ4n) is 4.44. The number of carbonyl (C=O) groups excluding carboxylic acids is 1. The zero-order valence-electron chi connectivity index (χ0n) is 20.6. The summed E-state index contributed by atoms with van der Waals surface area (Å²) in [6, 6.07) is 21.9. The smallest absolute Gasteiger partial charge is 0.257 e. The number of nitrogens with zero attached hydrogens (tertiary/aromatic N) is 3. The highest BCUT2D eigenvalue weighted by atomic mass is 32.1. The molecule has 0 spiro atoms. The molecule has 3 aromatic carbocycles. The molecule has 1 aromatic heterocycles. The Morgan fingerprint density at radius 1 is 1.08 bits per heavy atom. The molecule has 0 radical (unpaired) electrons. The maximum Gasteiger partial charge on any atom is 0.257 e. The fourth-order valence-corrected chi connectivity index (χ4v) is 5.45. The molecule has 0 saturated carbocycles. The van der Waals surface area contributed by atoms with Crippen molar-refractivity contribution < 1.29 is 14.3 Å². The van der Waals surface area contributed by atoms with E-state index in [1.54, 1.807) is 7.11 Å². The van der Waals surface area contributed by atoms with Gasteiger partial charge in [-0.1, -0.05) is 60.7 Å². The van der Waals surface area contributed by atoms with Crippen LogP contribution in [0.5, 0.6) is 5.75 Å². The van der Waals surface area contributed by atoms with Gasteiger partial charge in [0.2, 0.25) is 0 Å². The van der Waals surface area contributed by atoms with Crippen molar-refractivity contribution >= 4 is 32.6 Å². The van der Waals surface area contributed by atoms with E-state index in [1.807, 2.05) is 54.6 Å². The Balaban J connectivity index is 1.32. The van der Waals surface area contributed by atoms with Crippen LogP contribution in [-0.2, 0) is 11.3 Å². The summed E-state index contributed by atoms with van der Waals surface area (Å²) in [4.78, 5) is 17.7. The standard InChI is InChI=1S/C28H30N4O3S/c1-3-31(32-15-17-35-18-16-32)19-20-9-11-22(12-10-20)27(33)30-28-29-25-24(34-2)14-13-23(26(25)36-28)21-7-5-4-6-8-21/h4-14H,3,15-19H2,1-2H3,(H,29,30,33). The van der Waals surface area contributed by atoms with Gasteiger partial charge < -0.3 is 9.47 Å². The first-order valence-corrected chi connectivity index (χ1v) is 13.0. The molecule has 36 heavy (non-hydrogen) atoms. The first-order valence-electron chi connectivity index (χ1n) is 12.2. The van der Waals surface area contributed by atoms with E-state index >= 15 is 0 Å². The summed E-state index contributed by atoms with van der Waals surface area (Å²) in [5.41, 5.74) is 4.67. The second-order valence-corrected chi connectivity index (χ2v) is 9.58. The molecule has 1 saturated heterocycles. The number of hydrogen-bond donors (Lipinski definition) is 1. The quantitative estimate of drug-likeness (QED) is 0.353. The highest BCUT2D eigenvalue weighted by molar-refractivity contribution is 7.23. The minimum Gasteiger partial charge on any atom is -0.494 e. The average molecular weight is 503 g/mol. The van der Waals surface area contributed by atoms with Crippen molar-refractivity contribution in [1.29, 1.82) is 0 Å². The SMILES string of the molecule is CCN(Cc1ccc(C(=O)Nc2nc3c(OC)ccc(-c4ccccc4)c3s2)cc1)N1CCOCC1. The molecule has 4 aromatic rings. The molecule has 8 heteroatoms. The van der Waals surface area contributed by atoms with Crippen LogP contribution in [0.15, 0.2) is 66.7 Å². The van der Waals surface area contributed by atoms with Gasteiger partial charge >= 0.3 is 0 Å². The van der Waals surface area contributed by atoms with Crippen molar-refractivity contribution in [1.82, 2.24) is 15.0 Å². The van der Waals surface area contributed by atoms with E-state index in [9.17, 15) is 4.79 Å². The van der Waals surface area contributed by atoms with E-state index < -0.39 is 0 Å². The number of benzene rings is 3. The van der Waals surface area contributed by atoms with Gasteiger partial charge in [-0.3, -0.25) is 10.1 Å². The lowest BCUT2D eigenvalue weighted by molar-refractivity contribution is -0.0926. The second kappa shape index (κ2) is 11.2. The van der Waals surface area contributed by atoms with E-state index in [2.05, 4.69) is 34.4 Å². The van der Waals surface area contributed by atoms with Gasteiger partial charge in [-0.2, -0.15) is 0 Å². The number of morpholine rings is 1. The van der Waals surface area contributed by atoms with Crippen LogP contribution in [0.1, 0.15) is 22.8 Å². The Bertz CT molecular complexity index is 1320. The molecule has 2 heterocycles. The third-order valence-electron chi connectivity index (χ3n) is 6.37. The largest absolute Gasteiger partial charge is 0.494 e. The van der Waals surface area contributed by atoms with Crippen LogP contribution in [-0.4, -0.2) is 60.9 Å². The summed E-state index contributed by atoms with van der Waals surface area (Å²) in [5, 5.41) is 8.20. The minimum atomic E-state index is -0.179. The van der Waals surface area contributed by atoms with Gasteiger partial charge in [-0.25, -0.2) is 15.0 Å². The molecule has 0 bridgehead atoms. The predicted molar refractivity (Wildman–Crippen MR) is 144 cm³/mol. The van der Waals surface area contributed by atoms with Gasteiger partial charge in [0.15, 0.2) is 5.13 Å². The van der Waals surface area contributed by atoms with E-state index in [0.717, 1.165) is 66.3 Å². The maximum absolute atomic E-state index is 13.0. The third kappa shape index (κ3) is 5.27. The highest BCUT2D eigenvalue weighted by Gasteiger charge is 2.19. The summed E-state index contributed by atoms with van der Waals surface area (Å²) in [5.74, 6) is 0.507. The monoisotopic (exact) mass is 502 g/mol. The molecular weight excluding hydrogens is 472 g/mol. The predicted octanol–water partition coefficient (Wildman–Crippen LogP) is 5.29. The molecular formula is C28H30N4O3S. The lowest BCUT2D eigenvalue weighted by Crippen LogP contribution is -2.48. The molecule has 1 aliphatic heterocycles. The number of carbonyl (C=O) groups is 1. The molecule has 1 amide bonds. The number of hydrazine groups is 1. The summed E-state index contributed by atoms with van der Waals surface area (Å²) >= 11 is 1.46. The molecule has 1 fully saturated rings. The molecule has 1 aliphatic rings. The van der Waals surface area contributed by atoms with E-state index in [-0.39, 0.29) is 5.91 Å². The van der Waals surface area contributed by atoms with Crippen LogP contribution in [0.4, 0.5) is 5.13 Å². The van der Waals surface area contributed by atoms with Crippen LogP contribution in [0.25, 0.3) is 21.3 Å². The number of amides is 1. The van der Waals surface area contributed by atoms with Crippen LogP contribution in [0.2, 0.25) is 0 Å². The molecule has 0 aliphatic carbocycles. The molecule has 0 unspecified atom stereocenters. The number of hydrogen-bond acceptors (Lipinski definition) is 7. The zero-order chi connectivity index (χ0) is 24.9. The Labute approximate surface area is 215 Å². The molecule has 0 atom stereocenters. The Morgan fingerprint density at radius 2 is 1.83 bits per heavy atom. The number of ether oxygens (including phenoxy) is 2. The molecule has 7 nitrogen and oxygen atoms in total. The van der Waals surface area contributed by atoms with Crippen molar-refractivity contribution in [2.45, 2.75) is 13.5 Å². The van der Waals surface area contributed by atoms with Gasteiger partial charge in [0.1, 0.15) is 11.3 Å². The Kier molecular flexibility index (Phi) is 7.58. The summed E-state index contributed by atoms with van der Waals surface area (Å²) < 4.78 is 12.0. The number of nitrogens with one attached hydrogen (secondary N) is 1. The summed E-state index contributed by atoms with van der Waals surface area (Å²) in [6.07, 6.45) is 0. The van der Waals surface area contributed by atoms with Gasteiger partial charge in [-0.05, 0) is 35.4 Å². The number of aromatic nitrogens is 1.